The Kier molecular flexibility index (Phi) is 4.72. The van der Waals surface area contributed by atoms with Crippen LogP contribution in [0.3, 0.4) is 0 Å². The van der Waals surface area contributed by atoms with Crippen molar-refractivity contribution in [3.05, 3.63) is 11.7 Å². The fraction of sp³-hybridized carbons (Fsp3) is 0.700. The topological polar surface area (TPSA) is 44.8 Å². The van der Waals surface area contributed by atoms with Crippen molar-refractivity contribution in [3.63, 3.8) is 0 Å². The molecule has 1 atom stereocenters. The summed E-state index contributed by atoms with van der Waals surface area (Å²) in [4.78, 5) is 10.8. The quantitative estimate of drug-likeness (QED) is 0.575. The number of alkyl halides is 3. The standard InChI is InChI=1S/C10H11F5O4/c1-2-3-9(5-17-8(16)19-9)18-4-6(11)7(12)10(13,14)15/h2-5H2,1H3/b7-6-. The molecule has 1 saturated heterocycles. The van der Waals surface area contributed by atoms with Crippen molar-refractivity contribution in [3.8, 4) is 0 Å². The van der Waals surface area contributed by atoms with Crippen LogP contribution in [0.15, 0.2) is 11.7 Å². The van der Waals surface area contributed by atoms with Gasteiger partial charge in [0.25, 0.3) is 5.79 Å². The molecule has 0 aromatic rings. The highest BCUT2D eigenvalue weighted by atomic mass is 19.4. The molecule has 0 aromatic heterocycles. The minimum absolute atomic E-state index is 0.0830. The molecule has 0 N–H and O–H groups in total. The molecule has 0 spiro atoms. The lowest BCUT2D eigenvalue weighted by atomic mass is 10.1. The van der Waals surface area contributed by atoms with Crippen LogP contribution in [0.1, 0.15) is 19.8 Å². The van der Waals surface area contributed by atoms with E-state index in [0.717, 1.165) is 0 Å². The van der Waals surface area contributed by atoms with Crippen molar-refractivity contribution in [2.24, 2.45) is 0 Å². The third-order valence-corrected chi connectivity index (χ3v) is 2.26. The number of ether oxygens (including phenoxy) is 3. The van der Waals surface area contributed by atoms with E-state index in [1.54, 1.807) is 6.92 Å². The van der Waals surface area contributed by atoms with Crippen molar-refractivity contribution >= 4 is 6.16 Å². The van der Waals surface area contributed by atoms with Gasteiger partial charge < -0.3 is 14.2 Å². The molecule has 1 heterocycles. The van der Waals surface area contributed by atoms with Gasteiger partial charge in [0.05, 0.1) is 0 Å². The fourth-order valence-corrected chi connectivity index (χ4v) is 1.44. The summed E-state index contributed by atoms with van der Waals surface area (Å²) >= 11 is 0. The van der Waals surface area contributed by atoms with Crippen LogP contribution in [-0.2, 0) is 14.2 Å². The van der Waals surface area contributed by atoms with Crippen LogP contribution < -0.4 is 0 Å². The molecule has 1 rings (SSSR count). The van der Waals surface area contributed by atoms with Crippen LogP contribution in [-0.4, -0.2) is 31.3 Å². The molecule has 1 aliphatic rings. The highest BCUT2D eigenvalue weighted by Crippen LogP contribution is 2.32. The summed E-state index contributed by atoms with van der Waals surface area (Å²) in [6, 6.07) is 0. The number of carbonyl (C=O) groups is 1. The van der Waals surface area contributed by atoms with Gasteiger partial charge in [0.15, 0.2) is 12.4 Å². The molecular formula is C10H11F5O4. The monoisotopic (exact) mass is 290 g/mol. The third-order valence-electron chi connectivity index (χ3n) is 2.26. The van der Waals surface area contributed by atoms with Gasteiger partial charge >= 0.3 is 12.3 Å². The van der Waals surface area contributed by atoms with Gasteiger partial charge in [-0.3, -0.25) is 0 Å². The Balaban J connectivity index is 2.70. The summed E-state index contributed by atoms with van der Waals surface area (Å²) < 4.78 is 74.9. The molecule has 110 valence electrons. The maximum Gasteiger partial charge on any atom is 0.511 e. The fourth-order valence-electron chi connectivity index (χ4n) is 1.44. The molecule has 1 fully saturated rings. The number of cyclic esters (lactones) is 2. The Morgan fingerprint density at radius 2 is 2.05 bits per heavy atom. The Morgan fingerprint density at radius 1 is 1.42 bits per heavy atom. The van der Waals surface area contributed by atoms with Gasteiger partial charge in [-0.1, -0.05) is 6.92 Å². The highest BCUT2D eigenvalue weighted by Gasteiger charge is 2.44. The molecule has 4 nitrogen and oxygen atoms in total. The van der Waals surface area contributed by atoms with E-state index in [9.17, 15) is 26.7 Å². The van der Waals surface area contributed by atoms with Crippen LogP contribution in [0.4, 0.5) is 26.7 Å². The number of halogens is 5. The van der Waals surface area contributed by atoms with Crippen molar-refractivity contribution in [2.75, 3.05) is 13.2 Å². The maximum absolute atomic E-state index is 12.9. The van der Waals surface area contributed by atoms with E-state index < -0.39 is 36.4 Å². The largest absolute Gasteiger partial charge is 0.511 e. The lowest BCUT2D eigenvalue weighted by Gasteiger charge is -2.24. The SMILES string of the molecule is CCCC1(OC/C(F)=C(/F)C(F)(F)F)COC(=O)O1. The number of hydrogen-bond donors (Lipinski definition) is 0. The molecular weight excluding hydrogens is 279 g/mol. The molecule has 9 heteroatoms. The number of hydrogen-bond acceptors (Lipinski definition) is 4. The molecule has 0 radical (unpaired) electrons. The summed E-state index contributed by atoms with van der Waals surface area (Å²) in [7, 11) is 0. The second-order valence-electron chi connectivity index (χ2n) is 3.81. The predicted octanol–water partition coefficient (Wildman–Crippen LogP) is 3.38. The lowest BCUT2D eigenvalue weighted by molar-refractivity contribution is -0.182. The van der Waals surface area contributed by atoms with Crippen LogP contribution in [0.2, 0.25) is 0 Å². The first-order valence-electron chi connectivity index (χ1n) is 5.31. The van der Waals surface area contributed by atoms with Gasteiger partial charge in [-0.05, 0) is 6.42 Å². The highest BCUT2D eigenvalue weighted by molar-refractivity contribution is 5.62. The van der Waals surface area contributed by atoms with E-state index >= 15 is 0 Å². The molecule has 0 bridgehead atoms. The Morgan fingerprint density at radius 3 is 2.47 bits per heavy atom. The Hall–Kier alpha value is -1.38. The van der Waals surface area contributed by atoms with Gasteiger partial charge in [-0.2, -0.15) is 17.6 Å². The summed E-state index contributed by atoms with van der Waals surface area (Å²) in [5.41, 5.74) is 0. The van der Waals surface area contributed by atoms with Crippen LogP contribution in [0.5, 0.6) is 0 Å². The summed E-state index contributed by atoms with van der Waals surface area (Å²) in [6.45, 7) is -0.0116. The lowest BCUT2D eigenvalue weighted by Crippen LogP contribution is -2.36. The van der Waals surface area contributed by atoms with E-state index in [-0.39, 0.29) is 13.0 Å². The van der Waals surface area contributed by atoms with Gasteiger partial charge in [-0.15, -0.1) is 0 Å². The summed E-state index contributed by atoms with van der Waals surface area (Å²) in [5, 5.41) is 0. The molecule has 1 unspecified atom stereocenters. The predicted molar refractivity (Wildman–Crippen MR) is 51.3 cm³/mol. The van der Waals surface area contributed by atoms with Gasteiger partial charge in [0, 0.05) is 6.42 Å². The maximum atomic E-state index is 12.9. The molecule has 19 heavy (non-hydrogen) atoms. The first-order chi connectivity index (χ1) is 8.70. The molecule has 0 amide bonds. The van der Waals surface area contributed by atoms with E-state index in [1.165, 1.54) is 0 Å². The second kappa shape index (κ2) is 5.72. The molecule has 1 aliphatic heterocycles. The zero-order chi connectivity index (χ0) is 14.7. The van der Waals surface area contributed by atoms with E-state index in [2.05, 4.69) is 9.47 Å². The zero-order valence-corrected chi connectivity index (χ0v) is 9.85. The van der Waals surface area contributed by atoms with Crippen molar-refractivity contribution < 1.29 is 41.0 Å². The molecule has 0 saturated carbocycles. The number of carbonyl (C=O) groups excluding carboxylic acids is 1. The number of rotatable bonds is 5. The third kappa shape index (κ3) is 4.05. The van der Waals surface area contributed by atoms with Crippen molar-refractivity contribution in [1.82, 2.24) is 0 Å². The minimum atomic E-state index is -5.42. The van der Waals surface area contributed by atoms with E-state index in [4.69, 9.17) is 4.74 Å². The Bertz CT molecular complexity index is 379. The summed E-state index contributed by atoms with van der Waals surface area (Å²) in [6.07, 6.45) is -5.98. The van der Waals surface area contributed by atoms with Crippen molar-refractivity contribution in [1.29, 1.82) is 0 Å². The van der Waals surface area contributed by atoms with Crippen LogP contribution in [0.25, 0.3) is 0 Å². The normalized spacial score (nSPS) is 24.8. The van der Waals surface area contributed by atoms with E-state index in [0.29, 0.717) is 6.42 Å². The first kappa shape index (κ1) is 15.7. The average Bonchev–Trinajstić information content (AvgIpc) is 2.67. The molecule has 0 aromatic carbocycles. The zero-order valence-electron chi connectivity index (χ0n) is 9.85. The summed E-state index contributed by atoms with van der Waals surface area (Å²) in [5.74, 6) is -6.66. The second-order valence-corrected chi connectivity index (χ2v) is 3.81. The smallest absolute Gasteiger partial charge is 0.427 e. The Labute approximate surface area is 105 Å². The van der Waals surface area contributed by atoms with Gasteiger partial charge in [0.1, 0.15) is 6.61 Å². The minimum Gasteiger partial charge on any atom is -0.427 e. The van der Waals surface area contributed by atoms with Crippen LogP contribution in [0, 0.1) is 0 Å². The van der Waals surface area contributed by atoms with Crippen LogP contribution >= 0.6 is 0 Å². The first-order valence-corrected chi connectivity index (χ1v) is 5.31. The van der Waals surface area contributed by atoms with Gasteiger partial charge in [-0.25, -0.2) is 9.18 Å². The van der Waals surface area contributed by atoms with Crippen molar-refractivity contribution in [2.45, 2.75) is 31.7 Å². The van der Waals surface area contributed by atoms with E-state index in [1.807, 2.05) is 0 Å². The number of allylic oxidation sites excluding steroid dienone is 1. The van der Waals surface area contributed by atoms with Gasteiger partial charge in [0.2, 0.25) is 5.83 Å². The average molecular weight is 290 g/mol. The molecule has 0 aliphatic carbocycles.